The van der Waals surface area contributed by atoms with E-state index in [4.69, 9.17) is 0 Å². The Hall–Kier alpha value is -1.90. The molecule has 0 radical (unpaired) electrons. The van der Waals surface area contributed by atoms with Gasteiger partial charge in [0.1, 0.15) is 0 Å². The van der Waals surface area contributed by atoms with Crippen molar-refractivity contribution < 1.29 is 71.5 Å². The van der Waals surface area contributed by atoms with Crippen molar-refractivity contribution in [1.29, 1.82) is 0 Å². The molecule has 0 spiro atoms. The molecule has 6 heteroatoms. The first kappa shape index (κ1) is 74.1. The van der Waals surface area contributed by atoms with Gasteiger partial charge in [-0.2, -0.15) is 22.3 Å². The average molecular weight is 1280 g/mol. The Balaban J connectivity index is 0.000000492. The Morgan fingerprint density at radius 1 is 0.308 bits per heavy atom. The SMILES string of the molecule is CCCCCc1ccc(C)c2[cH-]c(C)c(C)c12.CCCCCc1ccc(C)c2[cH-]c(C)c(C)c12.CCCCCc1ccc(C)c2[cH-]c(C)c(C)c12.CCCCCc1ccc(C)c2[cH-]c(C)c(C)c12.C[Si](C)=[Zr+2].C[Si](C)=[Zr+2].[Cl-].[Cl-]. The van der Waals surface area contributed by atoms with Crippen molar-refractivity contribution >= 4 is 54.0 Å². The molecular weight excluding hydrogens is 1170 g/mol. The molecule has 0 saturated heterocycles. The summed E-state index contributed by atoms with van der Waals surface area (Å²) in [5.41, 5.74) is 23.9. The quantitative estimate of drug-likeness (QED) is 0.0514. The molecule has 0 aromatic heterocycles. The molecule has 8 aromatic rings. The minimum absolute atomic E-state index is 0. The van der Waals surface area contributed by atoms with Gasteiger partial charge < -0.3 is 24.8 Å². The van der Waals surface area contributed by atoms with E-state index in [2.05, 4.69) is 210 Å². The van der Waals surface area contributed by atoms with Gasteiger partial charge in [0, 0.05) is 0 Å². The maximum atomic E-state index is 2.35. The second kappa shape index (κ2) is 38.1. The summed E-state index contributed by atoms with van der Waals surface area (Å²) in [6.07, 6.45) is 20.8. The van der Waals surface area contributed by atoms with Crippen LogP contribution in [0.25, 0.3) is 43.1 Å². The third kappa shape index (κ3) is 22.0. The molecule has 78 heavy (non-hydrogen) atoms. The van der Waals surface area contributed by atoms with Gasteiger partial charge in [-0.1, -0.05) is 234 Å². The van der Waals surface area contributed by atoms with Crippen LogP contribution in [-0.2, 0) is 72.4 Å². The maximum Gasteiger partial charge on any atom is -1.00 e. The molecule has 0 aliphatic carbocycles. The molecule has 0 N–H and O–H groups in total. The van der Waals surface area contributed by atoms with E-state index in [1.807, 2.05) is 0 Å². The predicted octanol–water partition coefficient (Wildman–Crippen LogP) is 16.4. The first-order chi connectivity index (χ1) is 36.1. The topological polar surface area (TPSA) is 0 Å². The van der Waals surface area contributed by atoms with Gasteiger partial charge in [-0.25, -0.2) is 0 Å². The van der Waals surface area contributed by atoms with Crippen LogP contribution in [-0.4, -0.2) is 10.9 Å². The van der Waals surface area contributed by atoms with Gasteiger partial charge in [0.25, 0.3) is 0 Å². The Morgan fingerprint density at radius 3 is 0.628 bits per heavy atom. The van der Waals surface area contributed by atoms with Crippen molar-refractivity contribution in [3.8, 4) is 0 Å². The number of hydrogen-bond acceptors (Lipinski definition) is 0. The molecule has 0 unspecified atom stereocenters. The molecule has 0 heterocycles. The van der Waals surface area contributed by atoms with E-state index in [-0.39, 0.29) is 35.7 Å². The summed E-state index contributed by atoms with van der Waals surface area (Å²) in [7, 11) is 0. The van der Waals surface area contributed by atoms with Crippen LogP contribution in [0, 0.1) is 83.1 Å². The van der Waals surface area contributed by atoms with E-state index in [9.17, 15) is 0 Å². The van der Waals surface area contributed by atoms with Crippen molar-refractivity contribution in [3.05, 3.63) is 162 Å². The van der Waals surface area contributed by atoms with Crippen molar-refractivity contribution in [3.63, 3.8) is 0 Å². The third-order valence-electron chi connectivity index (χ3n) is 15.7. The number of fused-ring (bicyclic) bond motifs is 4. The minimum Gasteiger partial charge on any atom is -1.00 e. The standard InChI is InChI=1S/4C17H23.2C2H6Si.2ClH.2Zr/c4*1-5-6-7-8-15-10-9-12(2)16-11-13(3)14(4)17(15)16;2*1-3-2;;;;/h4*9-11H,5-8H2,1-4H3;2*1-2H3;2*1H;;/q4*-1;;;;;2*+2/p-2. The molecule has 0 nitrogen and oxygen atoms in total. The molecule has 0 atom stereocenters. The number of rotatable bonds is 16. The second-order valence-corrected chi connectivity index (χ2v) is 41.7. The van der Waals surface area contributed by atoms with Crippen LogP contribution in [0.4, 0.5) is 0 Å². The van der Waals surface area contributed by atoms with E-state index in [1.54, 1.807) is 68.9 Å². The number of hydrogen-bond donors (Lipinski definition) is 0. The van der Waals surface area contributed by atoms with Crippen LogP contribution in [0.5, 0.6) is 0 Å². The van der Waals surface area contributed by atoms with Gasteiger partial charge in [0.05, 0.1) is 0 Å². The van der Waals surface area contributed by atoms with Crippen molar-refractivity contribution in [2.75, 3.05) is 0 Å². The zero-order chi connectivity index (χ0) is 56.8. The Morgan fingerprint density at radius 2 is 0.474 bits per heavy atom. The fourth-order valence-corrected chi connectivity index (χ4v) is 10.8. The van der Waals surface area contributed by atoms with E-state index in [0.717, 1.165) is 0 Å². The minimum atomic E-state index is 0. The zero-order valence-corrected chi connectivity index (χ0v) is 61.4. The Labute approximate surface area is 521 Å². The molecule has 8 aromatic carbocycles. The molecule has 0 aliphatic heterocycles. The van der Waals surface area contributed by atoms with Gasteiger partial charge in [-0.15, -0.1) is 136 Å². The van der Waals surface area contributed by atoms with Gasteiger partial charge in [0.2, 0.25) is 0 Å². The average Bonchev–Trinajstić information content (AvgIpc) is 4.06. The van der Waals surface area contributed by atoms with Crippen LogP contribution in [0.3, 0.4) is 0 Å². The van der Waals surface area contributed by atoms with Crippen molar-refractivity contribution in [1.82, 2.24) is 0 Å². The first-order valence-corrected chi connectivity index (χ1v) is 42.1. The number of unbranched alkanes of at least 4 members (excludes halogenated alkanes) is 8. The van der Waals surface area contributed by atoms with Gasteiger partial charge in [-0.3, -0.25) is 0 Å². The fraction of sp³-hybridized carbons (Fsp3) is 0.500. The van der Waals surface area contributed by atoms with Crippen LogP contribution in [0.1, 0.15) is 194 Å². The van der Waals surface area contributed by atoms with Crippen molar-refractivity contribution in [2.24, 2.45) is 0 Å². The van der Waals surface area contributed by atoms with E-state index >= 15 is 0 Å². The summed E-state index contributed by atoms with van der Waals surface area (Å²) in [4.78, 5) is 0. The largest absolute Gasteiger partial charge is 1.00 e. The molecule has 0 amide bonds. The Kier molecular flexibility index (Phi) is 36.2. The summed E-state index contributed by atoms with van der Waals surface area (Å²) >= 11 is 3.48. The summed E-state index contributed by atoms with van der Waals surface area (Å²) < 4.78 is 0. The van der Waals surface area contributed by atoms with Gasteiger partial charge >= 0.3 is 83.7 Å². The van der Waals surface area contributed by atoms with E-state index in [1.165, 1.54) is 213 Å². The molecule has 424 valence electrons. The van der Waals surface area contributed by atoms with Gasteiger partial charge in [0.15, 0.2) is 0 Å². The molecule has 0 saturated carbocycles. The van der Waals surface area contributed by atoms with Gasteiger partial charge in [-0.05, 0) is 25.7 Å². The third-order valence-corrected chi connectivity index (χ3v) is 15.7. The maximum absolute atomic E-state index is 2.35. The summed E-state index contributed by atoms with van der Waals surface area (Å²) in [6, 6.07) is 27.9. The van der Waals surface area contributed by atoms with Crippen LogP contribution < -0.4 is 24.8 Å². The number of benzene rings is 4. The monoisotopic (exact) mass is 1270 g/mol. The summed E-state index contributed by atoms with van der Waals surface area (Å²) in [6.45, 7) is 45.1. The van der Waals surface area contributed by atoms with E-state index < -0.39 is 0 Å². The second-order valence-electron chi connectivity index (χ2n) is 23.0. The van der Waals surface area contributed by atoms with Crippen molar-refractivity contribution in [2.45, 2.75) is 240 Å². The van der Waals surface area contributed by atoms with Crippen LogP contribution >= 0.6 is 0 Å². The molecular formula is C72H104Cl2Si2Zr2-2. The molecule has 0 fully saturated rings. The van der Waals surface area contributed by atoms with Crippen LogP contribution in [0.2, 0.25) is 26.2 Å². The summed E-state index contributed by atoms with van der Waals surface area (Å²) in [5, 5.41) is 12.0. The molecule has 0 bridgehead atoms. The fourth-order valence-electron chi connectivity index (χ4n) is 10.8. The smallest absolute Gasteiger partial charge is 1.00 e. The number of aryl methyl sites for hydroxylation is 16. The molecule has 8 rings (SSSR count). The van der Waals surface area contributed by atoms with E-state index in [0.29, 0.717) is 0 Å². The number of halogens is 2. The summed E-state index contributed by atoms with van der Waals surface area (Å²) in [5.74, 6) is 0. The normalized spacial score (nSPS) is 10.6. The zero-order valence-electron chi connectivity index (χ0n) is 53.0. The van der Waals surface area contributed by atoms with Crippen LogP contribution in [0.15, 0.2) is 72.8 Å². The first-order valence-electron chi connectivity index (χ1n) is 29.7. The molecule has 0 aliphatic rings. The predicted molar refractivity (Wildman–Crippen MR) is 343 cm³/mol. The Bertz CT molecular complexity index is 2680.